The Morgan fingerprint density at radius 3 is 2.53 bits per heavy atom. The number of hydrogen-bond acceptors (Lipinski definition) is 5. The van der Waals surface area contributed by atoms with Crippen molar-refractivity contribution in [1.29, 1.82) is 0 Å². The maximum atomic E-state index is 13.0. The van der Waals surface area contributed by atoms with Gasteiger partial charge in [0.1, 0.15) is 17.4 Å². The van der Waals surface area contributed by atoms with Gasteiger partial charge in [0.15, 0.2) is 0 Å². The lowest BCUT2D eigenvalue weighted by Crippen LogP contribution is -2.40. The molecule has 2 heterocycles. The van der Waals surface area contributed by atoms with Gasteiger partial charge in [0.25, 0.3) is 0 Å². The second kappa shape index (κ2) is 12.6. The molecule has 0 spiro atoms. The topological polar surface area (TPSA) is 87.3 Å². The number of amides is 1. The first-order valence-electron chi connectivity index (χ1n) is 11.9. The number of imidazole rings is 1. The first-order valence-corrected chi connectivity index (χ1v) is 11.9. The number of ketones is 1. The smallest absolute Gasteiger partial charge is 0.387 e. The number of H-pyrrole nitrogens is 1. The number of ether oxygens (including phenoxy) is 1. The number of nitrogens with zero attached hydrogens (tertiary/aromatic N) is 2. The van der Waals surface area contributed by atoms with Crippen molar-refractivity contribution < 1.29 is 23.1 Å². The van der Waals surface area contributed by atoms with Gasteiger partial charge in [0, 0.05) is 12.3 Å². The number of Topliss-reactive ketones (excluding diaryl/α,β-unsaturated/α-hetero) is 1. The van der Waals surface area contributed by atoms with Gasteiger partial charge in [0.2, 0.25) is 5.91 Å². The third kappa shape index (κ3) is 7.90. The molecule has 0 bridgehead atoms. The van der Waals surface area contributed by atoms with E-state index in [4.69, 9.17) is 0 Å². The minimum Gasteiger partial charge on any atom is -0.435 e. The number of alkyl halides is 2. The molecule has 1 aliphatic rings. The molecule has 1 aromatic carbocycles. The number of aromatic nitrogens is 2. The lowest BCUT2D eigenvalue weighted by atomic mass is 9.95. The largest absolute Gasteiger partial charge is 0.435 e. The molecule has 1 aromatic heterocycles. The van der Waals surface area contributed by atoms with E-state index < -0.39 is 6.61 Å². The summed E-state index contributed by atoms with van der Waals surface area (Å²) in [5, 5.41) is 3.19. The van der Waals surface area contributed by atoms with E-state index in [0.29, 0.717) is 18.7 Å². The average Bonchev–Trinajstić information content (AvgIpc) is 3.28. The molecular weight excluding hydrogens is 442 g/mol. The second-order valence-electron chi connectivity index (χ2n) is 9.03. The van der Waals surface area contributed by atoms with Crippen LogP contribution in [-0.4, -0.2) is 53.3 Å². The number of carbonyl (C=O) groups is 2. The van der Waals surface area contributed by atoms with Crippen LogP contribution < -0.4 is 10.1 Å². The minimum absolute atomic E-state index is 0.00627. The van der Waals surface area contributed by atoms with Crippen molar-refractivity contribution in [2.75, 3.05) is 20.1 Å². The van der Waals surface area contributed by atoms with Crippen molar-refractivity contribution in [3.8, 4) is 17.0 Å². The SMILES string of the molecule is CC(=O)CCCCC[C@H](NC(=O)C1CCN(C)CC1)c1ncc(-c2ccc(OC(F)F)cc2)[nH]1. The molecule has 1 saturated heterocycles. The Morgan fingerprint density at radius 1 is 1.18 bits per heavy atom. The predicted molar refractivity (Wildman–Crippen MR) is 126 cm³/mol. The van der Waals surface area contributed by atoms with Crippen molar-refractivity contribution in [2.24, 2.45) is 5.92 Å². The molecule has 9 heteroatoms. The number of carbonyl (C=O) groups excluding carboxylic acids is 2. The van der Waals surface area contributed by atoms with Crippen molar-refractivity contribution in [1.82, 2.24) is 20.2 Å². The number of likely N-dealkylation sites (tertiary alicyclic amines) is 1. The van der Waals surface area contributed by atoms with E-state index in [1.165, 1.54) is 12.1 Å². The maximum absolute atomic E-state index is 13.0. The number of halogens is 2. The number of aromatic amines is 1. The molecule has 0 unspecified atom stereocenters. The quantitative estimate of drug-likeness (QED) is 0.433. The Labute approximate surface area is 199 Å². The fourth-order valence-corrected chi connectivity index (χ4v) is 4.21. The summed E-state index contributed by atoms with van der Waals surface area (Å²) in [5.74, 6) is 0.984. The van der Waals surface area contributed by atoms with Crippen molar-refractivity contribution in [3.63, 3.8) is 0 Å². The van der Waals surface area contributed by atoms with E-state index in [9.17, 15) is 18.4 Å². The lowest BCUT2D eigenvalue weighted by Gasteiger charge is -2.29. The maximum Gasteiger partial charge on any atom is 0.387 e. The average molecular weight is 477 g/mol. The number of rotatable bonds is 12. The van der Waals surface area contributed by atoms with E-state index in [-0.39, 0.29) is 29.4 Å². The van der Waals surface area contributed by atoms with Gasteiger partial charge in [-0.2, -0.15) is 8.78 Å². The Hall–Kier alpha value is -2.81. The Kier molecular flexibility index (Phi) is 9.56. The molecule has 1 amide bonds. The summed E-state index contributed by atoms with van der Waals surface area (Å²) < 4.78 is 29.2. The van der Waals surface area contributed by atoms with Crippen molar-refractivity contribution in [2.45, 2.75) is 64.5 Å². The standard InChI is InChI=1S/C25H34F2N4O3/c1-17(32)6-4-3-5-7-21(30-24(33)19-12-14-31(2)15-13-19)23-28-16-22(29-23)18-8-10-20(11-9-18)34-25(26)27/h8-11,16,19,21,25H,3-7,12-15H2,1-2H3,(H,28,29)(H,30,33)/t21-/m0/s1. The fourth-order valence-electron chi connectivity index (χ4n) is 4.21. The van der Waals surface area contributed by atoms with E-state index in [2.05, 4.69) is 32.0 Å². The summed E-state index contributed by atoms with van der Waals surface area (Å²) >= 11 is 0. The highest BCUT2D eigenvalue weighted by molar-refractivity contribution is 5.79. The summed E-state index contributed by atoms with van der Waals surface area (Å²) in [4.78, 5) is 34.2. The number of benzene rings is 1. The summed E-state index contributed by atoms with van der Waals surface area (Å²) in [6.45, 7) is 0.545. The highest BCUT2D eigenvalue weighted by Gasteiger charge is 2.26. The van der Waals surface area contributed by atoms with Crippen LogP contribution in [0, 0.1) is 5.92 Å². The summed E-state index contributed by atoms with van der Waals surface area (Å²) in [6.07, 6.45) is 7.24. The summed E-state index contributed by atoms with van der Waals surface area (Å²) in [7, 11) is 2.06. The number of nitrogens with one attached hydrogen (secondary N) is 2. The molecule has 1 fully saturated rings. The first kappa shape index (κ1) is 25.8. The highest BCUT2D eigenvalue weighted by Crippen LogP contribution is 2.26. The van der Waals surface area contributed by atoms with Gasteiger partial charge in [-0.1, -0.05) is 12.8 Å². The Balaban J connectivity index is 1.67. The predicted octanol–water partition coefficient (Wildman–Crippen LogP) is 4.72. The van der Waals surface area contributed by atoms with Gasteiger partial charge in [0.05, 0.1) is 17.9 Å². The van der Waals surface area contributed by atoms with Crippen LogP contribution in [0.25, 0.3) is 11.3 Å². The van der Waals surface area contributed by atoms with E-state index in [0.717, 1.165) is 56.5 Å². The van der Waals surface area contributed by atoms with Crippen LogP contribution in [0.5, 0.6) is 5.75 Å². The Bertz CT molecular complexity index is 924. The first-order chi connectivity index (χ1) is 16.3. The third-order valence-corrected chi connectivity index (χ3v) is 6.24. The Morgan fingerprint density at radius 2 is 1.88 bits per heavy atom. The second-order valence-corrected chi connectivity index (χ2v) is 9.03. The van der Waals surface area contributed by atoms with Crippen LogP contribution in [0.4, 0.5) is 8.78 Å². The number of unbranched alkanes of at least 4 members (excludes halogenated alkanes) is 2. The molecular formula is C25H34F2N4O3. The normalized spacial score (nSPS) is 15.9. The zero-order chi connectivity index (χ0) is 24.5. The molecule has 3 rings (SSSR count). The monoisotopic (exact) mass is 476 g/mol. The third-order valence-electron chi connectivity index (χ3n) is 6.24. The molecule has 2 aromatic rings. The van der Waals surface area contributed by atoms with Crippen LogP contribution >= 0.6 is 0 Å². The molecule has 0 aliphatic carbocycles. The van der Waals surface area contributed by atoms with E-state index >= 15 is 0 Å². The lowest BCUT2D eigenvalue weighted by molar-refractivity contribution is -0.127. The van der Waals surface area contributed by atoms with Crippen molar-refractivity contribution in [3.05, 3.63) is 36.3 Å². The highest BCUT2D eigenvalue weighted by atomic mass is 19.3. The van der Waals surface area contributed by atoms with Crippen LogP contribution in [0.15, 0.2) is 30.5 Å². The molecule has 2 N–H and O–H groups in total. The van der Waals surface area contributed by atoms with E-state index in [1.54, 1.807) is 25.3 Å². The summed E-state index contributed by atoms with van der Waals surface area (Å²) in [6, 6.07) is 6.07. The molecule has 0 saturated carbocycles. The molecule has 0 radical (unpaired) electrons. The zero-order valence-electron chi connectivity index (χ0n) is 19.9. The molecule has 186 valence electrons. The summed E-state index contributed by atoms with van der Waals surface area (Å²) in [5.41, 5.74) is 1.51. The van der Waals surface area contributed by atoms with Gasteiger partial charge < -0.3 is 24.7 Å². The van der Waals surface area contributed by atoms with Gasteiger partial charge in [-0.3, -0.25) is 4.79 Å². The van der Waals surface area contributed by atoms with Crippen LogP contribution in [0.2, 0.25) is 0 Å². The van der Waals surface area contributed by atoms with Crippen LogP contribution in [0.3, 0.4) is 0 Å². The molecule has 34 heavy (non-hydrogen) atoms. The van der Waals surface area contributed by atoms with Crippen LogP contribution in [0.1, 0.15) is 63.7 Å². The van der Waals surface area contributed by atoms with E-state index in [1.807, 2.05) is 0 Å². The van der Waals surface area contributed by atoms with Crippen molar-refractivity contribution >= 4 is 11.7 Å². The molecule has 1 atom stereocenters. The fraction of sp³-hybridized carbons (Fsp3) is 0.560. The van der Waals surface area contributed by atoms with Gasteiger partial charge in [-0.15, -0.1) is 0 Å². The van der Waals surface area contributed by atoms with Gasteiger partial charge in [-0.05, 0) is 82.6 Å². The van der Waals surface area contributed by atoms with Gasteiger partial charge in [-0.25, -0.2) is 4.98 Å². The number of hydrogen-bond donors (Lipinski definition) is 2. The zero-order valence-corrected chi connectivity index (χ0v) is 19.9. The molecule has 7 nitrogen and oxygen atoms in total. The number of piperidine rings is 1. The molecule has 1 aliphatic heterocycles. The minimum atomic E-state index is -2.87. The van der Waals surface area contributed by atoms with Gasteiger partial charge >= 0.3 is 6.61 Å². The van der Waals surface area contributed by atoms with Crippen LogP contribution in [-0.2, 0) is 9.59 Å².